The minimum atomic E-state index is -3.70. The molecule has 5 rings (SSSR count). The first kappa shape index (κ1) is 24.7. The fraction of sp³-hybridized carbons (Fsp3) is 0.269. The van der Waals surface area contributed by atoms with Crippen molar-refractivity contribution in [2.45, 2.75) is 50.7 Å². The summed E-state index contributed by atoms with van der Waals surface area (Å²) in [6, 6.07) is 15.8. The topological polar surface area (TPSA) is 127 Å². The maximum absolute atomic E-state index is 12.9. The Labute approximate surface area is 215 Å². The second kappa shape index (κ2) is 8.56. The highest BCUT2D eigenvalue weighted by Crippen LogP contribution is 2.36. The molecule has 0 unspecified atom stereocenters. The number of aromatic nitrogens is 3. The molecule has 3 N–H and O–H groups in total. The Hall–Kier alpha value is -3.96. The minimum Gasteiger partial charge on any atom is -0.476 e. The number of rotatable bonds is 5. The van der Waals surface area contributed by atoms with Gasteiger partial charge in [-0.05, 0) is 77.1 Å². The predicted octanol–water partition coefficient (Wildman–Crippen LogP) is 4.33. The van der Waals surface area contributed by atoms with Crippen LogP contribution in [0.3, 0.4) is 0 Å². The van der Waals surface area contributed by atoms with E-state index in [0.29, 0.717) is 34.3 Å². The standard InChI is InChI=1S/C26H28N6O4S/c1-25(2,3)31-37(34,35)19-8-6-7-16(13-19)21-11-10-18-15-27-24(30-32(18)21)28-17-9-12-22-20(14-17)29-23(33)26(4,5)36-22/h6-15,31H,1-5H3,(H,28,30)(H,29,33). The first-order chi connectivity index (χ1) is 17.3. The Balaban J connectivity index is 1.45. The van der Waals surface area contributed by atoms with Gasteiger partial charge in [-0.1, -0.05) is 12.1 Å². The number of nitrogens with one attached hydrogen (secondary N) is 3. The molecule has 10 nitrogen and oxygen atoms in total. The number of benzene rings is 2. The lowest BCUT2D eigenvalue weighted by Gasteiger charge is -2.31. The van der Waals surface area contributed by atoms with E-state index in [0.717, 1.165) is 5.52 Å². The van der Waals surface area contributed by atoms with Crippen LogP contribution in [0.25, 0.3) is 16.8 Å². The fourth-order valence-corrected chi connectivity index (χ4v) is 5.44. The van der Waals surface area contributed by atoms with Gasteiger partial charge in [0.1, 0.15) is 5.75 Å². The Morgan fingerprint density at radius 3 is 2.59 bits per heavy atom. The number of anilines is 3. The molecule has 1 aliphatic rings. The summed E-state index contributed by atoms with van der Waals surface area (Å²) in [6.45, 7) is 8.81. The van der Waals surface area contributed by atoms with Crippen molar-refractivity contribution >= 4 is 38.8 Å². The van der Waals surface area contributed by atoms with Crippen molar-refractivity contribution < 1.29 is 17.9 Å². The number of carbonyl (C=O) groups is 1. The molecule has 0 bridgehead atoms. The average Bonchev–Trinajstić information content (AvgIpc) is 3.22. The molecule has 0 spiro atoms. The van der Waals surface area contributed by atoms with Crippen LogP contribution in [0.4, 0.5) is 17.3 Å². The Bertz CT molecular complexity index is 1640. The molecule has 192 valence electrons. The zero-order valence-corrected chi connectivity index (χ0v) is 22.0. The third-order valence-corrected chi connectivity index (χ3v) is 7.43. The van der Waals surface area contributed by atoms with Gasteiger partial charge in [-0.15, -0.1) is 5.10 Å². The molecule has 11 heteroatoms. The van der Waals surface area contributed by atoms with Gasteiger partial charge >= 0.3 is 0 Å². The van der Waals surface area contributed by atoms with Crippen molar-refractivity contribution in [2.75, 3.05) is 10.6 Å². The first-order valence-electron chi connectivity index (χ1n) is 11.7. The lowest BCUT2D eigenvalue weighted by atomic mass is 10.1. The van der Waals surface area contributed by atoms with Gasteiger partial charge in [0.15, 0.2) is 5.60 Å². The molecule has 2 aromatic heterocycles. The molecule has 3 heterocycles. The van der Waals surface area contributed by atoms with Gasteiger partial charge in [0.25, 0.3) is 5.91 Å². The maximum atomic E-state index is 12.9. The third kappa shape index (κ3) is 5.00. The second-order valence-corrected chi connectivity index (χ2v) is 12.1. The van der Waals surface area contributed by atoms with Crippen molar-refractivity contribution in [2.24, 2.45) is 0 Å². The second-order valence-electron chi connectivity index (χ2n) is 10.4. The fourth-order valence-electron chi connectivity index (χ4n) is 3.98. The number of sulfonamides is 1. The lowest BCUT2D eigenvalue weighted by Crippen LogP contribution is -2.45. The maximum Gasteiger partial charge on any atom is 0.268 e. The molecule has 0 saturated heterocycles. The number of nitrogens with zero attached hydrogens (tertiary/aromatic N) is 3. The van der Waals surface area contributed by atoms with Crippen LogP contribution in [-0.4, -0.2) is 40.1 Å². The van der Waals surface area contributed by atoms with Crippen molar-refractivity contribution in [3.8, 4) is 17.0 Å². The van der Waals surface area contributed by atoms with E-state index in [9.17, 15) is 13.2 Å². The minimum absolute atomic E-state index is 0.170. The molecule has 4 aromatic rings. The van der Waals surface area contributed by atoms with Crippen LogP contribution in [-0.2, 0) is 14.8 Å². The lowest BCUT2D eigenvalue weighted by molar-refractivity contribution is -0.129. The van der Waals surface area contributed by atoms with Crippen LogP contribution in [0, 0.1) is 0 Å². The van der Waals surface area contributed by atoms with Crippen molar-refractivity contribution in [1.82, 2.24) is 19.3 Å². The number of carbonyl (C=O) groups excluding carboxylic acids is 1. The van der Waals surface area contributed by atoms with Crippen LogP contribution >= 0.6 is 0 Å². The Morgan fingerprint density at radius 2 is 1.84 bits per heavy atom. The van der Waals surface area contributed by atoms with E-state index in [1.807, 2.05) is 24.3 Å². The molecule has 2 aromatic carbocycles. The van der Waals surface area contributed by atoms with Crippen LogP contribution < -0.4 is 20.1 Å². The summed E-state index contributed by atoms with van der Waals surface area (Å²) in [4.78, 5) is 16.8. The number of amides is 1. The van der Waals surface area contributed by atoms with Crippen LogP contribution in [0.2, 0.25) is 0 Å². The number of hydrogen-bond acceptors (Lipinski definition) is 7. The highest BCUT2D eigenvalue weighted by atomic mass is 32.2. The highest BCUT2D eigenvalue weighted by Gasteiger charge is 2.35. The highest BCUT2D eigenvalue weighted by molar-refractivity contribution is 7.89. The van der Waals surface area contributed by atoms with Gasteiger partial charge in [0.05, 0.1) is 28.0 Å². The average molecular weight is 521 g/mol. The summed E-state index contributed by atoms with van der Waals surface area (Å²) in [7, 11) is -3.70. The zero-order valence-electron chi connectivity index (χ0n) is 21.2. The Kier molecular flexibility index (Phi) is 5.72. The van der Waals surface area contributed by atoms with E-state index in [-0.39, 0.29) is 10.8 Å². The third-order valence-electron chi connectivity index (χ3n) is 5.68. The van der Waals surface area contributed by atoms with Crippen molar-refractivity contribution in [3.63, 3.8) is 0 Å². The monoisotopic (exact) mass is 520 g/mol. The molecular formula is C26H28N6O4S. The van der Waals surface area contributed by atoms with E-state index >= 15 is 0 Å². The predicted molar refractivity (Wildman–Crippen MR) is 142 cm³/mol. The van der Waals surface area contributed by atoms with E-state index < -0.39 is 21.2 Å². The quantitative estimate of drug-likeness (QED) is 0.358. The summed E-state index contributed by atoms with van der Waals surface area (Å²) in [5, 5.41) is 10.6. The SMILES string of the molecule is CC(C)(C)NS(=O)(=O)c1cccc(-c2ccc3cnc(Nc4ccc5c(c4)NC(=O)C(C)(C)O5)nn23)c1. The smallest absolute Gasteiger partial charge is 0.268 e. The molecule has 1 aliphatic heterocycles. The van der Waals surface area contributed by atoms with E-state index in [4.69, 9.17) is 4.74 Å². The van der Waals surface area contributed by atoms with Gasteiger partial charge in [-0.2, -0.15) is 0 Å². The molecular weight excluding hydrogens is 492 g/mol. The van der Waals surface area contributed by atoms with E-state index in [2.05, 4.69) is 25.4 Å². The Morgan fingerprint density at radius 1 is 1.05 bits per heavy atom. The number of fused-ring (bicyclic) bond motifs is 2. The zero-order chi connectivity index (χ0) is 26.6. The van der Waals surface area contributed by atoms with Crippen LogP contribution in [0.1, 0.15) is 34.6 Å². The van der Waals surface area contributed by atoms with Crippen molar-refractivity contribution in [1.29, 1.82) is 0 Å². The normalized spacial score (nSPS) is 15.1. The molecule has 0 fully saturated rings. The molecule has 37 heavy (non-hydrogen) atoms. The molecule has 0 aliphatic carbocycles. The molecule has 0 atom stereocenters. The summed E-state index contributed by atoms with van der Waals surface area (Å²) in [5.41, 5.74) is 1.82. The van der Waals surface area contributed by atoms with Crippen molar-refractivity contribution in [3.05, 3.63) is 60.8 Å². The number of ether oxygens (including phenoxy) is 1. The largest absolute Gasteiger partial charge is 0.476 e. The van der Waals surface area contributed by atoms with E-state index in [1.165, 1.54) is 0 Å². The van der Waals surface area contributed by atoms with Crippen LogP contribution in [0.15, 0.2) is 65.7 Å². The van der Waals surface area contributed by atoms with E-state index in [1.54, 1.807) is 75.7 Å². The number of hydrogen-bond donors (Lipinski definition) is 3. The van der Waals surface area contributed by atoms with Gasteiger partial charge in [-0.3, -0.25) is 4.79 Å². The first-order valence-corrected chi connectivity index (χ1v) is 13.2. The summed E-state index contributed by atoms with van der Waals surface area (Å²) < 4.78 is 35.9. The molecule has 1 amide bonds. The summed E-state index contributed by atoms with van der Waals surface area (Å²) >= 11 is 0. The van der Waals surface area contributed by atoms with Crippen LogP contribution in [0.5, 0.6) is 5.75 Å². The van der Waals surface area contributed by atoms with Gasteiger partial charge < -0.3 is 15.4 Å². The van der Waals surface area contributed by atoms with Gasteiger partial charge in [0, 0.05) is 16.8 Å². The van der Waals surface area contributed by atoms with Gasteiger partial charge in [0.2, 0.25) is 16.0 Å². The summed E-state index contributed by atoms with van der Waals surface area (Å²) in [6.07, 6.45) is 1.67. The molecule has 0 saturated carbocycles. The van der Waals surface area contributed by atoms with Gasteiger partial charge in [-0.25, -0.2) is 22.6 Å². The molecule has 0 radical (unpaired) electrons. The summed E-state index contributed by atoms with van der Waals surface area (Å²) in [5.74, 6) is 0.676.